The van der Waals surface area contributed by atoms with E-state index in [1.54, 1.807) is 0 Å². The van der Waals surface area contributed by atoms with Gasteiger partial charge in [-0.2, -0.15) is 0 Å². The third-order valence-corrected chi connectivity index (χ3v) is 6.49. The van der Waals surface area contributed by atoms with Crippen molar-refractivity contribution in [2.24, 2.45) is 0 Å². The van der Waals surface area contributed by atoms with Gasteiger partial charge in [0.1, 0.15) is 11.3 Å². The van der Waals surface area contributed by atoms with Gasteiger partial charge in [-0.25, -0.2) is 18.0 Å². The average molecular weight is 447 g/mol. The predicted octanol–water partition coefficient (Wildman–Crippen LogP) is 2.14. The lowest BCUT2D eigenvalue weighted by Crippen LogP contribution is -2.40. The molecule has 0 saturated carbocycles. The number of carboxylic acids is 1. The molecule has 0 unspecified atom stereocenters. The lowest BCUT2D eigenvalue weighted by molar-refractivity contribution is 0.0694. The average Bonchev–Trinajstić information content (AvgIpc) is 2.67. The van der Waals surface area contributed by atoms with Crippen molar-refractivity contribution in [2.45, 2.75) is 4.90 Å². The summed E-state index contributed by atoms with van der Waals surface area (Å²) >= 11 is 5.85. The minimum atomic E-state index is -4.85. The van der Waals surface area contributed by atoms with Crippen molar-refractivity contribution in [3.05, 3.63) is 80.0 Å². The largest absolute Gasteiger partial charge is 0.506 e. The first kappa shape index (κ1) is 19.7. The van der Waals surface area contributed by atoms with Crippen molar-refractivity contribution in [1.29, 1.82) is 0 Å². The van der Waals surface area contributed by atoms with E-state index in [2.05, 4.69) is 4.98 Å². The van der Waals surface area contributed by atoms with Crippen LogP contribution in [-0.4, -0.2) is 33.6 Å². The summed E-state index contributed by atoms with van der Waals surface area (Å²) in [5.41, 5.74) is -3.02. The number of H-pyrrole nitrogens is 1. The molecule has 4 aromatic rings. The molecular formula is C19H11ClN2O7S. The normalized spacial score (nSPS) is 11.8. The number of carboxylic acid groups (broad SMARTS) is 1. The highest BCUT2D eigenvalue weighted by atomic mass is 35.5. The summed E-state index contributed by atoms with van der Waals surface area (Å²) in [5, 5.41) is 19.6. The number of phenols is 1. The van der Waals surface area contributed by atoms with Crippen molar-refractivity contribution in [3.63, 3.8) is 0 Å². The number of benzene rings is 3. The summed E-state index contributed by atoms with van der Waals surface area (Å²) in [4.78, 5) is 38.6. The summed E-state index contributed by atoms with van der Waals surface area (Å²) in [5.74, 6) is -2.21. The monoisotopic (exact) mass is 446 g/mol. The molecule has 3 N–H and O–H groups in total. The molecular weight excluding hydrogens is 436 g/mol. The standard InChI is InChI=1S/C19H11ClN2O7S/c20-9-5-6-12-14(7-9)21-19(27)22(17(12)24)30(28,29)15-8-13(18(25)26)16(23)11-4-2-1-3-10(11)15/h1-8,23H,(H,21,27)(H,25,26). The number of rotatable bonds is 3. The summed E-state index contributed by atoms with van der Waals surface area (Å²) in [6.45, 7) is 0. The van der Waals surface area contributed by atoms with Crippen molar-refractivity contribution >= 4 is 49.3 Å². The van der Waals surface area contributed by atoms with Crippen LogP contribution < -0.4 is 11.2 Å². The molecule has 0 spiro atoms. The fraction of sp³-hybridized carbons (Fsp3) is 0. The predicted molar refractivity (Wildman–Crippen MR) is 109 cm³/mol. The highest BCUT2D eigenvalue weighted by molar-refractivity contribution is 7.90. The molecule has 1 heterocycles. The van der Waals surface area contributed by atoms with E-state index in [-0.39, 0.29) is 30.7 Å². The number of hydrogen-bond acceptors (Lipinski definition) is 6. The van der Waals surface area contributed by atoms with Gasteiger partial charge in [0, 0.05) is 15.8 Å². The van der Waals surface area contributed by atoms with Gasteiger partial charge in [-0.3, -0.25) is 4.79 Å². The molecule has 1 aromatic heterocycles. The number of fused-ring (bicyclic) bond motifs is 2. The molecule has 30 heavy (non-hydrogen) atoms. The van der Waals surface area contributed by atoms with Gasteiger partial charge >= 0.3 is 11.7 Å². The van der Waals surface area contributed by atoms with Crippen LogP contribution in [0.25, 0.3) is 21.7 Å². The van der Waals surface area contributed by atoms with E-state index in [0.29, 0.717) is 6.07 Å². The van der Waals surface area contributed by atoms with E-state index in [0.717, 1.165) is 0 Å². The van der Waals surface area contributed by atoms with Crippen LogP contribution in [0, 0.1) is 0 Å². The minimum Gasteiger partial charge on any atom is -0.506 e. The number of hydrogen-bond donors (Lipinski definition) is 3. The molecule has 152 valence electrons. The van der Waals surface area contributed by atoms with Gasteiger partial charge in [-0.1, -0.05) is 35.9 Å². The minimum absolute atomic E-state index is 0.0215. The molecule has 0 radical (unpaired) electrons. The van der Waals surface area contributed by atoms with Crippen molar-refractivity contribution < 1.29 is 23.4 Å². The fourth-order valence-electron chi connectivity index (χ4n) is 3.19. The molecule has 4 rings (SSSR count). The van der Waals surface area contributed by atoms with Gasteiger partial charge in [-0.15, -0.1) is 3.97 Å². The van der Waals surface area contributed by atoms with Crippen LogP contribution in [0.5, 0.6) is 5.75 Å². The second kappa shape index (κ2) is 6.71. The molecule has 0 aliphatic rings. The fourth-order valence-corrected chi connectivity index (χ4v) is 4.87. The Hall–Kier alpha value is -3.63. The van der Waals surface area contributed by atoms with E-state index in [1.807, 2.05) is 0 Å². The van der Waals surface area contributed by atoms with Crippen molar-refractivity contribution in [1.82, 2.24) is 8.96 Å². The zero-order chi connectivity index (χ0) is 21.8. The highest BCUT2D eigenvalue weighted by Gasteiger charge is 2.28. The first-order valence-electron chi connectivity index (χ1n) is 8.31. The Morgan fingerprint density at radius 3 is 2.33 bits per heavy atom. The molecule has 11 heteroatoms. The maximum Gasteiger partial charge on any atom is 0.343 e. The Labute approximate surface area is 172 Å². The number of aromatic nitrogens is 2. The van der Waals surface area contributed by atoms with Crippen molar-refractivity contribution in [3.8, 4) is 5.75 Å². The first-order chi connectivity index (χ1) is 14.1. The second-order valence-electron chi connectivity index (χ2n) is 6.32. The smallest absolute Gasteiger partial charge is 0.343 e. The van der Waals surface area contributed by atoms with E-state index in [4.69, 9.17) is 11.6 Å². The van der Waals surface area contributed by atoms with Crippen molar-refractivity contribution in [2.75, 3.05) is 0 Å². The van der Waals surface area contributed by atoms with Gasteiger partial charge < -0.3 is 15.2 Å². The molecule has 9 nitrogen and oxygen atoms in total. The van der Waals surface area contributed by atoms with E-state index in [1.165, 1.54) is 42.5 Å². The third kappa shape index (κ3) is 2.85. The number of aromatic amines is 1. The molecule has 0 atom stereocenters. The van der Waals surface area contributed by atoms with Gasteiger partial charge in [0.05, 0.1) is 15.8 Å². The Balaban J connectivity index is 2.15. The summed E-state index contributed by atoms with van der Waals surface area (Å²) in [6, 6.07) is 10.2. The zero-order valence-corrected chi connectivity index (χ0v) is 16.4. The van der Waals surface area contributed by atoms with E-state index in [9.17, 15) is 33.0 Å². The van der Waals surface area contributed by atoms with Crippen LogP contribution in [0.2, 0.25) is 5.02 Å². The molecule has 0 saturated heterocycles. The number of aromatic carboxylic acids is 1. The number of nitrogens with zero attached hydrogens (tertiary/aromatic N) is 1. The molecule has 0 fully saturated rings. The van der Waals surface area contributed by atoms with Gasteiger partial charge in [-0.05, 0) is 24.3 Å². The van der Waals surface area contributed by atoms with Gasteiger partial charge in [0.25, 0.3) is 15.6 Å². The number of aromatic hydroxyl groups is 1. The molecule has 0 bridgehead atoms. The quantitative estimate of drug-likeness (QED) is 0.436. The molecule has 0 amide bonds. The molecule has 3 aromatic carbocycles. The Morgan fingerprint density at radius 1 is 1.00 bits per heavy atom. The Kier molecular flexibility index (Phi) is 4.40. The number of carbonyl (C=O) groups is 1. The maximum absolute atomic E-state index is 13.3. The zero-order valence-electron chi connectivity index (χ0n) is 14.8. The van der Waals surface area contributed by atoms with Crippen LogP contribution in [0.1, 0.15) is 10.4 Å². The first-order valence-corrected chi connectivity index (χ1v) is 10.1. The summed E-state index contributed by atoms with van der Waals surface area (Å²) in [7, 11) is -4.85. The number of halogens is 1. The van der Waals surface area contributed by atoms with Gasteiger partial charge in [0.15, 0.2) is 0 Å². The van der Waals surface area contributed by atoms with E-state index >= 15 is 0 Å². The molecule has 0 aliphatic carbocycles. The van der Waals surface area contributed by atoms with Crippen LogP contribution in [0.3, 0.4) is 0 Å². The second-order valence-corrected chi connectivity index (χ2v) is 8.51. The number of nitrogens with one attached hydrogen (secondary N) is 1. The third-order valence-electron chi connectivity index (χ3n) is 4.55. The summed E-state index contributed by atoms with van der Waals surface area (Å²) in [6.07, 6.45) is 0. The van der Waals surface area contributed by atoms with Crippen LogP contribution in [0.4, 0.5) is 0 Å². The lowest BCUT2D eigenvalue weighted by atomic mass is 10.1. The van der Waals surface area contributed by atoms with Crippen LogP contribution >= 0.6 is 11.6 Å². The topological polar surface area (TPSA) is 147 Å². The molecule has 0 aliphatic heterocycles. The summed E-state index contributed by atoms with van der Waals surface area (Å²) < 4.78 is 26.7. The highest BCUT2D eigenvalue weighted by Crippen LogP contribution is 2.34. The van der Waals surface area contributed by atoms with E-state index < -0.39 is 43.5 Å². The Morgan fingerprint density at radius 2 is 1.67 bits per heavy atom. The SMILES string of the molecule is O=C(O)c1cc(S(=O)(=O)n2c(=O)[nH]c3cc(Cl)ccc3c2=O)c2ccccc2c1O. The maximum atomic E-state index is 13.3. The lowest BCUT2D eigenvalue weighted by Gasteiger charge is -2.13. The van der Waals surface area contributed by atoms with Crippen LogP contribution in [0.15, 0.2) is 63.0 Å². The van der Waals surface area contributed by atoms with Crippen LogP contribution in [-0.2, 0) is 10.0 Å². The Bertz CT molecular complexity index is 1600. The van der Waals surface area contributed by atoms with Gasteiger partial charge in [0.2, 0.25) is 0 Å².